The van der Waals surface area contributed by atoms with Crippen LogP contribution in [0.3, 0.4) is 0 Å². The molecule has 0 aromatic heterocycles. The molecule has 0 aromatic rings. The average Bonchev–Trinajstić information content (AvgIpc) is 2.62. The Morgan fingerprint density at radius 2 is 1.85 bits per heavy atom. The van der Waals surface area contributed by atoms with Crippen LogP contribution in [0.15, 0.2) is 4.99 Å². The molecule has 2 aliphatic rings. The van der Waals surface area contributed by atoms with Gasteiger partial charge in [-0.15, -0.1) is 0 Å². The van der Waals surface area contributed by atoms with Crippen LogP contribution < -0.4 is 15.4 Å². The molecule has 27 heavy (non-hydrogen) atoms. The first kappa shape index (κ1) is 22.4. The molecule has 0 aromatic carbocycles. The van der Waals surface area contributed by atoms with E-state index in [1.54, 1.807) is 7.05 Å². The summed E-state index contributed by atoms with van der Waals surface area (Å²) in [5, 5.41) is 6.24. The number of hydrogen-bond acceptors (Lipinski definition) is 5. The molecular weight excluding hydrogens is 368 g/mol. The van der Waals surface area contributed by atoms with Crippen LogP contribution in [0.2, 0.25) is 0 Å². The maximum absolute atomic E-state index is 12.0. The lowest BCUT2D eigenvalue weighted by atomic mass is 9.86. The summed E-state index contributed by atoms with van der Waals surface area (Å²) in [5.41, 5.74) is 0. The van der Waals surface area contributed by atoms with E-state index in [2.05, 4.69) is 20.3 Å². The zero-order valence-electron chi connectivity index (χ0n) is 16.5. The van der Waals surface area contributed by atoms with E-state index in [1.807, 2.05) is 0 Å². The summed E-state index contributed by atoms with van der Waals surface area (Å²) in [6.45, 7) is 4.86. The highest BCUT2D eigenvalue weighted by Crippen LogP contribution is 2.25. The zero-order valence-corrected chi connectivity index (χ0v) is 17.4. The number of rotatable bonds is 12. The largest absolute Gasteiger partial charge is 0.381 e. The highest BCUT2D eigenvalue weighted by Gasteiger charge is 2.20. The molecule has 1 heterocycles. The van der Waals surface area contributed by atoms with Gasteiger partial charge < -0.3 is 20.1 Å². The summed E-state index contributed by atoms with van der Waals surface area (Å²) < 4.78 is 37.7. The molecule has 1 aliphatic heterocycles. The summed E-state index contributed by atoms with van der Waals surface area (Å²) in [4.78, 5) is 4.12. The van der Waals surface area contributed by atoms with Gasteiger partial charge in [-0.2, -0.15) is 0 Å². The quantitative estimate of drug-likeness (QED) is 0.252. The third-order valence-corrected chi connectivity index (χ3v) is 6.50. The number of aliphatic imine (C=N–C) groups is 1. The first-order valence-electron chi connectivity index (χ1n) is 10.2. The smallest absolute Gasteiger partial charge is 0.213 e. The fourth-order valence-electron chi connectivity index (χ4n) is 3.08. The van der Waals surface area contributed by atoms with E-state index in [9.17, 15) is 8.42 Å². The van der Waals surface area contributed by atoms with Crippen LogP contribution in [0.1, 0.15) is 38.5 Å². The first-order valence-corrected chi connectivity index (χ1v) is 11.8. The lowest BCUT2D eigenvalue weighted by molar-refractivity contribution is 0.0203. The van der Waals surface area contributed by atoms with Crippen molar-refractivity contribution in [3.63, 3.8) is 0 Å². The predicted molar refractivity (Wildman–Crippen MR) is 107 cm³/mol. The Labute approximate surface area is 163 Å². The lowest BCUT2D eigenvalue weighted by Gasteiger charge is -2.25. The molecular formula is C18H36N4O4S. The highest BCUT2D eigenvalue weighted by molar-refractivity contribution is 7.89. The molecule has 0 spiro atoms. The van der Waals surface area contributed by atoms with Crippen molar-refractivity contribution in [2.75, 3.05) is 58.9 Å². The number of hydrogen-bond donors (Lipinski definition) is 3. The Morgan fingerprint density at radius 1 is 1.11 bits per heavy atom. The zero-order chi connectivity index (χ0) is 19.4. The minimum Gasteiger partial charge on any atom is -0.381 e. The molecule has 1 saturated carbocycles. The van der Waals surface area contributed by atoms with E-state index < -0.39 is 10.0 Å². The van der Waals surface area contributed by atoms with Crippen LogP contribution >= 0.6 is 0 Å². The van der Waals surface area contributed by atoms with Crippen LogP contribution in [0.5, 0.6) is 0 Å². The van der Waals surface area contributed by atoms with Crippen LogP contribution in [0.4, 0.5) is 0 Å². The molecule has 0 bridgehead atoms. The summed E-state index contributed by atoms with van der Waals surface area (Å²) in [7, 11) is -1.54. The molecule has 1 aliphatic carbocycles. The molecule has 158 valence electrons. The summed E-state index contributed by atoms with van der Waals surface area (Å²) in [6, 6.07) is 0. The number of guanidine groups is 1. The Bertz CT molecular complexity index is 531. The van der Waals surface area contributed by atoms with Gasteiger partial charge in [-0.25, -0.2) is 13.1 Å². The van der Waals surface area contributed by atoms with Gasteiger partial charge in [-0.1, -0.05) is 6.42 Å². The van der Waals surface area contributed by atoms with Crippen molar-refractivity contribution in [3.8, 4) is 0 Å². The maximum atomic E-state index is 12.0. The van der Waals surface area contributed by atoms with E-state index in [1.165, 1.54) is 6.42 Å². The normalized spacial score (nSPS) is 19.7. The third kappa shape index (κ3) is 9.73. The van der Waals surface area contributed by atoms with Crippen LogP contribution in [-0.4, -0.2) is 73.2 Å². The van der Waals surface area contributed by atoms with Gasteiger partial charge in [0.2, 0.25) is 10.0 Å². The predicted octanol–water partition coefficient (Wildman–Crippen LogP) is 0.704. The molecule has 1 saturated heterocycles. The molecule has 9 heteroatoms. The van der Waals surface area contributed by atoms with Gasteiger partial charge >= 0.3 is 0 Å². The molecule has 0 atom stereocenters. The minimum absolute atomic E-state index is 0.0502. The second-order valence-electron chi connectivity index (χ2n) is 7.37. The standard InChI is InChI=1S/C18H36N4O4S/c1-19-18(20-8-3-10-26-15-17-6-11-25-12-7-17)21-9-13-27(23,24)22-14-16-4-2-5-16/h16-17,22H,2-15H2,1H3,(H2,19,20,21). The second kappa shape index (κ2) is 12.5. The maximum Gasteiger partial charge on any atom is 0.213 e. The monoisotopic (exact) mass is 404 g/mol. The minimum atomic E-state index is -3.22. The highest BCUT2D eigenvalue weighted by atomic mass is 32.2. The van der Waals surface area contributed by atoms with Crippen molar-refractivity contribution in [2.24, 2.45) is 16.8 Å². The summed E-state index contributed by atoms with van der Waals surface area (Å²) >= 11 is 0. The van der Waals surface area contributed by atoms with Crippen molar-refractivity contribution in [1.29, 1.82) is 0 Å². The topological polar surface area (TPSA) is 101 Å². The molecule has 2 rings (SSSR count). The first-order chi connectivity index (χ1) is 13.1. The molecule has 2 fully saturated rings. The van der Waals surface area contributed by atoms with Gasteiger partial charge in [0.25, 0.3) is 0 Å². The van der Waals surface area contributed by atoms with Crippen LogP contribution in [0, 0.1) is 11.8 Å². The fraction of sp³-hybridized carbons (Fsp3) is 0.944. The van der Waals surface area contributed by atoms with Gasteiger partial charge in [0.15, 0.2) is 5.96 Å². The Morgan fingerprint density at radius 3 is 2.52 bits per heavy atom. The van der Waals surface area contributed by atoms with Crippen molar-refractivity contribution >= 4 is 16.0 Å². The van der Waals surface area contributed by atoms with E-state index in [-0.39, 0.29) is 5.75 Å². The van der Waals surface area contributed by atoms with Gasteiger partial charge in [-0.05, 0) is 43.9 Å². The van der Waals surface area contributed by atoms with Gasteiger partial charge in [0.05, 0.1) is 5.75 Å². The average molecular weight is 405 g/mol. The Kier molecular flexibility index (Phi) is 10.4. The lowest BCUT2D eigenvalue weighted by Crippen LogP contribution is -2.42. The third-order valence-electron chi connectivity index (χ3n) is 5.16. The molecule has 3 N–H and O–H groups in total. The SMILES string of the molecule is CN=C(NCCCOCC1CCOCC1)NCCS(=O)(=O)NCC1CCC1. The van der Waals surface area contributed by atoms with E-state index in [0.717, 1.165) is 58.5 Å². The van der Waals surface area contributed by atoms with Gasteiger partial charge in [-0.3, -0.25) is 4.99 Å². The number of nitrogens with zero attached hydrogens (tertiary/aromatic N) is 1. The fourth-order valence-corrected chi connectivity index (χ4v) is 4.09. The van der Waals surface area contributed by atoms with Crippen molar-refractivity contribution in [3.05, 3.63) is 0 Å². The number of nitrogens with one attached hydrogen (secondary N) is 3. The molecule has 8 nitrogen and oxygen atoms in total. The Hall–Kier alpha value is -0.900. The van der Waals surface area contributed by atoms with Crippen molar-refractivity contribution in [1.82, 2.24) is 15.4 Å². The van der Waals surface area contributed by atoms with Crippen molar-refractivity contribution in [2.45, 2.75) is 38.5 Å². The molecule has 0 radical (unpaired) electrons. The van der Waals surface area contributed by atoms with E-state index >= 15 is 0 Å². The summed E-state index contributed by atoms with van der Waals surface area (Å²) in [6.07, 6.45) is 6.55. The van der Waals surface area contributed by atoms with E-state index in [4.69, 9.17) is 9.47 Å². The second-order valence-corrected chi connectivity index (χ2v) is 9.30. The molecule has 0 amide bonds. The number of sulfonamides is 1. The van der Waals surface area contributed by atoms with Crippen molar-refractivity contribution < 1.29 is 17.9 Å². The van der Waals surface area contributed by atoms with Crippen LogP contribution in [0.25, 0.3) is 0 Å². The number of ether oxygens (including phenoxy) is 2. The van der Waals surface area contributed by atoms with Gasteiger partial charge in [0.1, 0.15) is 0 Å². The Balaban J connectivity index is 1.47. The van der Waals surface area contributed by atoms with Gasteiger partial charge in [0, 0.05) is 53.1 Å². The molecule has 0 unspecified atom stereocenters. The van der Waals surface area contributed by atoms with Crippen LogP contribution in [-0.2, 0) is 19.5 Å². The van der Waals surface area contributed by atoms with E-state index in [0.29, 0.717) is 37.5 Å². The summed E-state index contributed by atoms with van der Waals surface area (Å²) in [5.74, 6) is 1.82.